The van der Waals surface area contributed by atoms with E-state index in [-0.39, 0.29) is 17.5 Å². The van der Waals surface area contributed by atoms with Gasteiger partial charge in [-0.3, -0.25) is 9.59 Å². The van der Waals surface area contributed by atoms with Crippen LogP contribution in [0.1, 0.15) is 53.3 Å². The molecule has 0 radical (unpaired) electrons. The van der Waals surface area contributed by atoms with Gasteiger partial charge >= 0.3 is 0 Å². The third-order valence-corrected chi connectivity index (χ3v) is 4.94. The highest BCUT2D eigenvalue weighted by molar-refractivity contribution is 6.01. The zero-order chi connectivity index (χ0) is 18.7. The smallest absolute Gasteiger partial charge is 0.254 e. The van der Waals surface area contributed by atoms with Gasteiger partial charge in [-0.05, 0) is 48.6 Å². The molecule has 1 fully saturated rings. The molecule has 0 saturated carbocycles. The van der Waals surface area contributed by atoms with E-state index < -0.39 is 11.7 Å². The molecule has 3 rings (SSSR count). The van der Waals surface area contributed by atoms with E-state index in [1.54, 1.807) is 30.3 Å². The fourth-order valence-electron chi connectivity index (χ4n) is 3.74. The summed E-state index contributed by atoms with van der Waals surface area (Å²) in [5, 5.41) is 0. The number of hydrogen-bond donors (Lipinski definition) is 1. The standard InChI is InChI=1S/C21H23FN2O2/c1-2-6-16-9-5-12-24(16)21(26)15-8-3-7-14(13-15)17-10-4-11-18(22)19(17)20(23)25/h3-4,7-8,10-11,13,16H,2,5-6,9,12H2,1H3,(H2,23,25)/t16-/m1/s1. The van der Waals surface area contributed by atoms with Crippen molar-refractivity contribution in [2.24, 2.45) is 5.73 Å². The Kier molecular flexibility index (Phi) is 5.35. The summed E-state index contributed by atoms with van der Waals surface area (Å²) in [5.74, 6) is -1.49. The molecule has 2 amide bonds. The molecule has 1 atom stereocenters. The minimum Gasteiger partial charge on any atom is -0.365 e. The first-order valence-electron chi connectivity index (χ1n) is 9.02. The van der Waals surface area contributed by atoms with E-state index in [2.05, 4.69) is 6.92 Å². The predicted molar refractivity (Wildman–Crippen MR) is 99.3 cm³/mol. The summed E-state index contributed by atoms with van der Waals surface area (Å²) in [6.45, 7) is 2.89. The van der Waals surface area contributed by atoms with Gasteiger partial charge in [0.1, 0.15) is 5.82 Å². The van der Waals surface area contributed by atoms with Crippen LogP contribution < -0.4 is 5.73 Å². The minimum absolute atomic E-state index is 0.0140. The monoisotopic (exact) mass is 354 g/mol. The molecule has 2 aromatic rings. The second-order valence-electron chi connectivity index (χ2n) is 6.69. The van der Waals surface area contributed by atoms with Gasteiger partial charge in [0, 0.05) is 18.2 Å². The van der Waals surface area contributed by atoms with Crippen molar-refractivity contribution in [1.29, 1.82) is 0 Å². The molecule has 1 aliphatic rings. The average molecular weight is 354 g/mol. The Morgan fingerprint density at radius 1 is 1.23 bits per heavy atom. The van der Waals surface area contributed by atoms with Crippen molar-refractivity contribution in [3.63, 3.8) is 0 Å². The maximum Gasteiger partial charge on any atom is 0.254 e. The van der Waals surface area contributed by atoms with Crippen LogP contribution >= 0.6 is 0 Å². The van der Waals surface area contributed by atoms with Crippen molar-refractivity contribution in [2.45, 2.75) is 38.6 Å². The third-order valence-electron chi connectivity index (χ3n) is 4.94. The van der Waals surface area contributed by atoms with Crippen LogP contribution in [-0.2, 0) is 0 Å². The van der Waals surface area contributed by atoms with Crippen LogP contribution in [-0.4, -0.2) is 29.3 Å². The van der Waals surface area contributed by atoms with Gasteiger partial charge < -0.3 is 10.6 Å². The highest BCUT2D eigenvalue weighted by atomic mass is 19.1. The lowest BCUT2D eigenvalue weighted by Crippen LogP contribution is -2.35. The number of rotatable bonds is 5. The Balaban J connectivity index is 1.96. The van der Waals surface area contributed by atoms with Crippen LogP contribution in [0.2, 0.25) is 0 Å². The van der Waals surface area contributed by atoms with Crippen molar-refractivity contribution in [2.75, 3.05) is 6.54 Å². The van der Waals surface area contributed by atoms with E-state index in [1.807, 2.05) is 4.90 Å². The molecule has 0 unspecified atom stereocenters. The quantitative estimate of drug-likeness (QED) is 0.882. The van der Waals surface area contributed by atoms with Gasteiger partial charge in [0.05, 0.1) is 5.56 Å². The highest BCUT2D eigenvalue weighted by Gasteiger charge is 2.28. The number of carbonyl (C=O) groups excluding carboxylic acids is 2. The minimum atomic E-state index is -0.822. The van der Waals surface area contributed by atoms with Crippen molar-refractivity contribution in [3.05, 3.63) is 59.4 Å². The second kappa shape index (κ2) is 7.68. The van der Waals surface area contributed by atoms with Gasteiger partial charge in [-0.15, -0.1) is 0 Å². The van der Waals surface area contributed by atoms with Crippen molar-refractivity contribution in [3.8, 4) is 11.1 Å². The van der Waals surface area contributed by atoms with E-state index in [4.69, 9.17) is 5.73 Å². The molecule has 1 heterocycles. The molecule has 26 heavy (non-hydrogen) atoms. The van der Waals surface area contributed by atoms with E-state index in [9.17, 15) is 14.0 Å². The fraction of sp³-hybridized carbons (Fsp3) is 0.333. The Hall–Kier alpha value is -2.69. The summed E-state index contributed by atoms with van der Waals surface area (Å²) >= 11 is 0. The topological polar surface area (TPSA) is 63.4 Å². The molecule has 4 nitrogen and oxygen atoms in total. The molecule has 0 bridgehead atoms. The van der Waals surface area contributed by atoms with Gasteiger partial charge in [-0.25, -0.2) is 4.39 Å². The molecule has 0 aliphatic carbocycles. The van der Waals surface area contributed by atoms with Crippen LogP contribution in [0.3, 0.4) is 0 Å². The number of primary amides is 1. The number of nitrogens with two attached hydrogens (primary N) is 1. The molecule has 1 aliphatic heterocycles. The number of benzene rings is 2. The largest absolute Gasteiger partial charge is 0.365 e. The Bertz CT molecular complexity index is 835. The molecule has 136 valence electrons. The van der Waals surface area contributed by atoms with Crippen LogP contribution in [0.5, 0.6) is 0 Å². The normalized spacial score (nSPS) is 16.7. The second-order valence-corrected chi connectivity index (χ2v) is 6.69. The number of likely N-dealkylation sites (tertiary alicyclic amines) is 1. The zero-order valence-corrected chi connectivity index (χ0v) is 14.9. The Labute approximate surface area is 152 Å². The molecule has 2 N–H and O–H groups in total. The van der Waals surface area contributed by atoms with Crippen LogP contribution in [0.25, 0.3) is 11.1 Å². The van der Waals surface area contributed by atoms with Gasteiger partial charge in [-0.1, -0.05) is 37.6 Å². The van der Waals surface area contributed by atoms with E-state index in [0.29, 0.717) is 16.7 Å². The van der Waals surface area contributed by atoms with Gasteiger partial charge in [0.2, 0.25) is 0 Å². The van der Waals surface area contributed by atoms with E-state index in [0.717, 1.165) is 32.2 Å². The number of hydrogen-bond acceptors (Lipinski definition) is 2. The number of nitrogens with zero attached hydrogens (tertiary/aromatic N) is 1. The van der Waals surface area contributed by atoms with E-state index >= 15 is 0 Å². The lowest BCUT2D eigenvalue weighted by molar-refractivity contribution is 0.0730. The molecule has 0 aromatic heterocycles. The fourth-order valence-corrected chi connectivity index (χ4v) is 3.74. The van der Waals surface area contributed by atoms with Crippen molar-refractivity contribution >= 4 is 11.8 Å². The maximum atomic E-state index is 14.1. The SMILES string of the molecule is CCC[C@@H]1CCCN1C(=O)c1cccc(-c2cccc(F)c2C(N)=O)c1. The first-order valence-corrected chi connectivity index (χ1v) is 9.02. The highest BCUT2D eigenvalue weighted by Crippen LogP contribution is 2.28. The maximum absolute atomic E-state index is 14.1. The lowest BCUT2D eigenvalue weighted by Gasteiger charge is -2.24. The van der Waals surface area contributed by atoms with Crippen LogP contribution in [0, 0.1) is 5.82 Å². The van der Waals surface area contributed by atoms with Gasteiger partial charge in [0.25, 0.3) is 11.8 Å². The molecule has 0 spiro atoms. The van der Waals surface area contributed by atoms with E-state index in [1.165, 1.54) is 12.1 Å². The Morgan fingerprint density at radius 3 is 2.73 bits per heavy atom. The van der Waals surface area contributed by atoms with Crippen LogP contribution in [0.15, 0.2) is 42.5 Å². The molecule has 5 heteroatoms. The summed E-state index contributed by atoms with van der Waals surface area (Å²) in [6, 6.07) is 11.6. The number of halogens is 1. The molecular weight excluding hydrogens is 331 g/mol. The molecule has 1 saturated heterocycles. The van der Waals surface area contributed by atoms with Gasteiger partial charge in [-0.2, -0.15) is 0 Å². The third kappa shape index (κ3) is 3.47. The van der Waals surface area contributed by atoms with Crippen molar-refractivity contribution in [1.82, 2.24) is 4.90 Å². The Morgan fingerprint density at radius 2 is 2.00 bits per heavy atom. The predicted octanol–water partition coefficient (Wildman–Crippen LogP) is 4.00. The summed E-state index contributed by atoms with van der Waals surface area (Å²) in [4.78, 5) is 26.6. The average Bonchev–Trinajstić information content (AvgIpc) is 3.09. The summed E-state index contributed by atoms with van der Waals surface area (Å²) in [6.07, 6.45) is 4.10. The van der Waals surface area contributed by atoms with Crippen molar-refractivity contribution < 1.29 is 14.0 Å². The number of amides is 2. The zero-order valence-electron chi connectivity index (χ0n) is 14.9. The first-order chi connectivity index (χ1) is 12.5. The number of carbonyl (C=O) groups is 2. The molecule has 2 aromatic carbocycles. The summed E-state index contributed by atoms with van der Waals surface area (Å²) < 4.78 is 14.1. The summed E-state index contributed by atoms with van der Waals surface area (Å²) in [7, 11) is 0. The van der Waals surface area contributed by atoms with Crippen LogP contribution in [0.4, 0.5) is 4.39 Å². The molecular formula is C21H23FN2O2. The summed E-state index contributed by atoms with van der Waals surface area (Å²) in [5.41, 5.74) is 6.75. The lowest BCUT2D eigenvalue weighted by atomic mass is 9.97. The first kappa shape index (κ1) is 18.1. The van der Waals surface area contributed by atoms with Gasteiger partial charge in [0.15, 0.2) is 0 Å².